The molecule has 0 spiro atoms. The van der Waals surface area contributed by atoms with E-state index in [0.717, 1.165) is 21.1 Å². The van der Waals surface area contributed by atoms with Crippen LogP contribution in [0.2, 0.25) is 0 Å². The van der Waals surface area contributed by atoms with Gasteiger partial charge >= 0.3 is 0 Å². The van der Waals surface area contributed by atoms with Crippen molar-refractivity contribution in [1.29, 1.82) is 0 Å². The molecule has 1 aliphatic rings. The number of nitrogens with zero attached hydrogens (tertiary/aromatic N) is 1. The van der Waals surface area contributed by atoms with E-state index in [0.29, 0.717) is 17.7 Å². The smallest absolute Gasteiger partial charge is 0.248 e. The fourth-order valence-electron chi connectivity index (χ4n) is 3.86. The molecule has 0 saturated carbocycles. The van der Waals surface area contributed by atoms with Crippen LogP contribution in [0.25, 0.3) is 10.9 Å². The lowest BCUT2D eigenvalue weighted by molar-refractivity contribution is -0.122. The molecular weight excluding hydrogens is 446 g/mol. The zero-order valence-electron chi connectivity index (χ0n) is 16.7. The molecule has 2 aromatic carbocycles. The highest BCUT2D eigenvalue weighted by atomic mass is 79.9. The number of anilines is 2. The molecule has 2 amide bonds. The second-order valence-corrected chi connectivity index (χ2v) is 8.79. The van der Waals surface area contributed by atoms with Crippen molar-refractivity contribution in [3.05, 3.63) is 68.9 Å². The van der Waals surface area contributed by atoms with E-state index in [4.69, 9.17) is 0 Å². The van der Waals surface area contributed by atoms with E-state index in [1.165, 1.54) is 0 Å². The van der Waals surface area contributed by atoms with Crippen LogP contribution in [0.4, 0.5) is 11.4 Å². The van der Waals surface area contributed by atoms with Crippen molar-refractivity contribution < 1.29 is 9.59 Å². The van der Waals surface area contributed by atoms with E-state index in [1.807, 2.05) is 50.2 Å². The van der Waals surface area contributed by atoms with Crippen LogP contribution in [0.15, 0.2) is 57.8 Å². The van der Waals surface area contributed by atoms with Gasteiger partial charge in [0.05, 0.1) is 11.4 Å². The standard InChI is InChI=1S/C23H22BrN3O3/c1-13(2)19-11-21(28)26-20-10-16(6-7-18(19)20)25-23(30)14-8-22(29)27(12-14)17-5-3-4-15(24)9-17/h3-7,9-11,13-14H,8,12H2,1-2H3,(H,25,30)(H,26,28). The molecule has 1 aliphatic heterocycles. The van der Waals surface area contributed by atoms with Crippen molar-refractivity contribution in [2.45, 2.75) is 26.2 Å². The highest BCUT2D eigenvalue weighted by molar-refractivity contribution is 9.10. The average molecular weight is 468 g/mol. The highest BCUT2D eigenvalue weighted by Crippen LogP contribution is 2.29. The van der Waals surface area contributed by atoms with Crippen molar-refractivity contribution in [2.24, 2.45) is 5.92 Å². The van der Waals surface area contributed by atoms with Crippen LogP contribution in [0.3, 0.4) is 0 Å². The molecule has 30 heavy (non-hydrogen) atoms. The number of amides is 2. The Hall–Kier alpha value is -2.93. The van der Waals surface area contributed by atoms with Crippen LogP contribution in [-0.4, -0.2) is 23.3 Å². The van der Waals surface area contributed by atoms with Crippen LogP contribution < -0.4 is 15.8 Å². The number of carbonyl (C=O) groups excluding carboxylic acids is 2. The molecule has 1 saturated heterocycles. The zero-order chi connectivity index (χ0) is 21.4. The summed E-state index contributed by atoms with van der Waals surface area (Å²) in [6, 6.07) is 14.6. The van der Waals surface area contributed by atoms with Gasteiger partial charge in [-0.3, -0.25) is 14.4 Å². The minimum absolute atomic E-state index is 0.0716. The summed E-state index contributed by atoms with van der Waals surface area (Å²) in [4.78, 5) is 41.7. The number of aromatic nitrogens is 1. The Balaban J connectivity index is 1.53. The molecule has 7 heteroatoms. The highest BCUT2D eigenvalue weighted by Gasteiger charge is 2.35. The summed E-state index contributed by atoms with van der Waals surface area (Å²) in [6.45, 7) is 4.42. The quantitative estimate of drug-likeness (QED) is 0.596. The molecule has 2 N–H and O–H groups in total. The summed E-state index contributed by atoms with van der Waals surface area (Å²) in [5, 5.41) is 3.86. The van der Waals surface area contributed by atoms with Gasteiger partial charge < -0.3 is 15.2 Å². The van der Waals surface area contributed by atoms with E-state index in [9.17, 15) is 14.4 Å². The van der Waals surface area contributed by atoms with Crippen molar-refractivity contribution in [3.8, 4) is 0 Å². The molecule has 6 nitrogen and oxygen atoms in total. The lowest BCUT2D eigenvalue weighted by Crippen LogP contribution is -2.28. The van der Waals surface area contributed by atoms with Gasteiger partial charge in [-0.1, -0.05) is 41.9 Å². The second kappa shape index (κ2) is 8.07. The van der Waals surface area contributed by atoms with Crippen LogP contribution in [0, 0.1) is 5.92 Å². The van der Waals surface area contributed by atoms with Crippen LogP contribution in [-0.2, 0) is 9.59 Å². The molecule has 3 aromatic rings. The molecule has 1 atom stereocenters. The minimum atomic E-state index is -0.437. The number of benzene rings is 2. The summed E-state index contributed by atoms with van der Waals surface area (Å²) in [5.41, 5.74) is 2.85. The first-order chi connectivity index (χ1) is 14.3. The van der Waals surface area contributed by atoms with Gasteiger partial charge in [0.25, 0.3) is 0 Å². The predicted octanol–water partition coefficient (Wildman–Crippen LogP) is 4.41. The number of pyridine rings is 1. The SMILES string of the molecule is CC(C)c1cc(=O)[nH]c2cc(NC(=O)C3CC(=O)N(c4cccc(Br)c4)C3)ccc12. The average Bonchev–Trinajstić information content (AvgIpc) is 3.09. The van der Waals surface area contributed by atoms with E-state index in [2.05, 4.69) is 26.2 Å². The largest absolute Gasteiger partial charge is 0.326 e. The molecular formula is C23H22BrN3O3. The minimum Gasteiger partial charge on any atom is -0.326 e. The zero-order valence-corrected chi connectivity index (χ0v) is 18.3. The molecule has 1 aromatic heterocycles. The molecule has 1 unspecified atom stereocenters. The molecule has 0 bridgehead atoms. The fourth-order valence-corrected chi connectivity index (χ4v) is 4.25. The van der Waals surface area contributed by atoms with Crippen molar-refractivity contribution in [2.75, 3.05) is 16.8 Å². The Morgan fingerprint density at radius 2 is 1.97 bits per heavy atom. The number of carbonyl (C=O) groups is 2. The van der Waals surface area contributed by atoms with Gasteiger partial charge in [-0.2, -0.15) is 0 Å². The van der Waals surface area contributed by atoms with E-state index in [1.54, 1.807) is 17.0 Å². The van der Waals surface area contributed by atoms with Gasteiger partial charge in [-0.25, -0.2) is 0 Å². The van der Waals surface area contributed by atoms with Crippen molar-refractivity contribution >= 4 is 50.0 Å². The lowest BCUT2D eigenvalue weighted by Gasteiger charge is -2.17. The van der Waals surface area contributed by atoms with E-state index >= 15 is 0 Å². The summed E-state index contributed by atoms with van der Waals surface area (Å²) >= 11 is 3.41. The van der Waals surface area contributed by atoms with Gasteiger partial charge in [-0.05, 0) is 41.8 Å². The number of halogens is 1. The maximum atomic E-state index is 12.8. The third-order valence-electron chi connectivity index (χ3n) is 5.38. The molecule has 154 valence electrons. The Labute approximate surface area is 182 Å². The predicted molar refractivity (Wildman–Crippen MR) is 122 cm³/mol. The van der Waals surface area contributed by atoms with Gasteiger partial charge in [0.2, 0.25) is 17.4 Å². The number of fused-ring (bicyclic) bond motifs is 1. The number of nitrogens with one attached hydrogen (secondary N) is 2. The van der Waals surface area contributed by atoms with Gasteiger partial charge in [0.1, 0.15) is 0 Å². The topological polar surface area (TPSA) is 82.3 Å². The first kappa shape index (κ1) is 20.3. The number of aromatic amines is 1. The van der Waals surface area contributed by atoms with E-state index in [-0.39, 0.29) is 29.7 Å². The summed E-state index contributed by atoms with van der Waals surface area (Å²) in [6.07, 6.45) is 0.167. The van der Waals surface area contributed by atoms with Gasteiger partial charge in [0.15, 0.2) is 0 Å². The normalized spacial score (nSPS) is 16.5. The molecule has 2 heterocycles. The van der Waals surface area contributed by atoms with Crippen LogP contribution >= 0.6 is 15.9 Å². The Morgan fingerprint density at radius 3 is 2.70 bits per heavy atom. The summed E-state index contributed by atoms with van der Waals surface area (Å²) < 4.78 is 0.881. The summed E-state index contributed by atoms with van der Waals surface area (Å²) in [7, 11) is 0. The number of rotatable bonds is 4. The van der Waals surface area contributed by atoms with E-state index < -0.39 is 5.92 Å². The Morgan fingerprint density at radius 1 is 1.17 bits per heavy atom. The van der Waals surface area contributed by atoms with Crippen molar-refractivity contribution in [1.82, 2.24) is 4.98 Å². The third-order valence-corrected chi connectivity index (χ3v) is 5.87. The molecule has 4 rings (SSSR count). The second-order valence-electron chi connectivity index (χ2n) is 7.88. The maximum Gasteiger partial charge on any atom is 0.248 e. The first-order valence-corrected chi connectivity index (χ1v) is 10.6. The fraction of sp³-hybridized carbons (Fsp3) is 0.261. The molecule has 0 aliphatic carbocycles. The van der Waals surface area contributed by atoms with Gasteiger partial charge in [0, 0.05) is 40.3 Å². The first-order valence-electron chi connectivity index (χ1n) is 9.85. The summed E-state index contributed by atoms with van der Waals surface area (Å²) in [5.74, 6) is -0.503. The monoisotopic (exact) mass is 467 g/mol. The molecule has 0 radical (unpaired) electrons. The Kier molecular flexibility index (Phi) is 5.47. The number of hydrogen-bond donors (Lipinski definition) is 2. The molecule has 1 fully saturated rings. The number of hydrogen-bond acceptors (Lipinski definition) is 3. The van der Waals surface area contributed by atoms with Crippen LogP contribution in [0.1, 0.15) is 31.7 Å². The third kappa shape index (κ3) is 4.03. The van der Waals surface area contributed by atoms with Crippen LogP contribution in [0.5, 0.6) is 0 Å². The number of H-pyrrole nitrogens is 1. The Bertz CT molecular complexity index is 1200. The lowest BCUT2D eigenvalue weighted by atomic mass is 9.98. The maximum absolute atomic E-state index is 12.8. The van der Waals surface area contributed by atoms with Crippen molar-refractivity contribution in [3.63, 3.8) is 0 Å². The van der Waals surface area contributed by atoms with Gasteiger partial charge in [-0.15, -0.1) is 0 Å².